The number of nitrogens with zero attached hydrogens (tertiary/aromatic N) is 1. The van der Waals surface area contributed by atoms with Gasteiger partial charge in [0.2, 0.25) is 0 Å². The van der Waals surface area contributed by atoms with Gasteiger partial charge in [-0.25, -0.2) is 21.2 Å². The van der Waals surface area contributed by atoms with Gasteiger partial charge in [-0.05, 0) is 61.0 Å². The number of nitrogens with one attached hydrogen (secondary N) is 2. The van der Waals surface area contributed by atoms with Gasteiger partial charge in [0.15, 0.2) is 0 Å². The molecule has 0 spiro atoms. The number of sulfonamides is 2. The van der Waals surface area contributed by atoms with Gasteiger partial charge in [-0.15, -0.1) is 0 Å². The zero-order valence-electron chi connectivity index (χ0n) is 15.6. The quantitative estimate of drug-likeness (QED) is 0.601. The number of hydrogen-bond donors (Lipinski definition) is 2. The molecule has 3 aromatic carbocycles. The Bertz CT molecular complexity index is 1350. The highest BCUT2D eigenvalue weighted by Crippen LogP contribution is 2.25. The first kappa shape index (κ1) is 21.3. The maximum absolute atomic E-state index is 13.8. The number of para-hydroxylation sites is 1. The van der Waals surface area contributed by atoms with Crippen molar-refractivity contribution >= 4 is 31.4 Å². The molecule has 154 valence electrons. The van der Waals surface area contributed by atoms with Crippen LogP contribution in [0.3, 0.4) is 0 Å². The highest BCUT2D eigenvalue weighted by Gasteiger charge is 2.21. The monoisotopic (exact) mass is 445 g/mol. The van der Waals surface area contributed by atoms with E-state index < -0.39 is 25.9 Å². The van der Waals surface area contributed by atoms with Gasteiger partial charge in [0.1, 0.15) is 5.82 Å². The molecule has 7 nitrogen and oxygen atoms in total. The lowest BCUT2D eigenvalue weighted by Crippen LogP contribution is -2.17. The Labute approximate surface area is 173 Å². The average Bonchev–Trinajstić information content (AvgIpc) is 2.71. The Morgan fingerprint density at radius 2 is 1.53 bits per heavy atom. The van der Waals surface area contributed by atoms with Crippen LogP contribution in [-0.4, -0.2) is 16.8 Å². The minimum absolute atomic E-state index is 0.0128. The van der Waals surface area contributed by atoms with Gasteiger partial charge in [0, 0.05) is 0 Å². The van der Waals surface area contributed by atoms with Crippen molar-refractivity contribution in [2.45, 2.75) is 16.7 Å². The second-order valence-corrected chi connectivity index (χ2v) is 9.64. The minimum atomic E-state index is -4.18. The lowest BCUT2D eigenvalue weighted by Gasteiger charge is -2.14. The average molecular weight is 445 g/mol. The maximum atomic E-state index is 13.8. The molecule has 0 aliphatic carbocycles. The summed E-state index contributed by atoms with van der Waals surface area (Å²) in [4.78, 5) is -0.290. The maximum Gasteiger partial charge on any atom is 0.262 e. The smallest absolute Gasteiger partial charge is 0.262 e. The SMILES string of the molecule is Cc1ccc(NS(=O)(=O)c2ccc(C#N)cc2)cc1S(=O)(=O)Nc1ccccc1F. The normalized spacial score (nSPS) is 11.5. The van der Waals surface area contributed by atoms with Gasteiger partial charge in [-0.3, -0.25) is 9.44 Å². The number of anilines is 2. The number of nitriles is 1. The first-order valence-electron chi connectivity index (χ1n) is 8.53. The van der Waals surface area contributed by atoms with E-state index in [1.807, 2.05) is 6.07 Å². The van der Waals surface area contributed by atoms with Gasteiger partial charge in [-0.1, -0.05) is 18.2 Å². The molecule has 0 heterocycles. The van der Waals surface area contributed by atoms with Crippen LogP contribution in [0.4, 0.5) is 15.8 Å². The van der Waals surface area contributed by atoms with E-state index in [4.69, 9.17) is 5.26 Å². The van der Waals surface area contributed by atoms with Gasteiger partial charge in [0.25, 0.3) is 20.0 Å². The molecule has 0 atom stereocenters. The van der Waals surface area contributed by atoms with Crippen molar-refractivity contribution in [3.8, 4) is 6.07 Å². The Kier molecular flexibility index (Phi) is 5.78. The molecule has 3 rings (SSSR count). The van der Waals surface area contributed by atoms with Crippen molar-refractivity contribution in [3.05, 3.63) is 83.7 Å². The van der Waals surface area contributed by atoms with E-state index in [2.05, 4.69) is 9.44 Å². The molecule has 0 unspecified atom stereocenters. The van der Waals surface area contributed by atoms with Crippen molar-refractivity contribution in [2.75, 3.05) is 9.44 Å². The zero-order valence-corrected chi connectivity index (χ0v) is 17.3. The van der Waals surface area contributed by atoms with E-state index >= 15 is 0 Å². The molecule has 10 heteroatoms. The van der Waals surface area contributed by atoms with Crippen molar-refractivity contribution in [1.82, 2.24) is 0 Å². The van der Waals surface area contributed by atoms with Crippen LogP contribution in [0.1, 0.15) is 11.1 Å². The summed E-state index contributed by atoms with van der Waals surface area (Å²) in [7, 11) is -8.19. The van der Waals surface area contributed by atoms with Crippen LogP contribution >= 0.6 is 0 Å². The van der Waals surface area contributed by atoms with E-state index in [0.29, 0.717) is 11.1 Å². The summed E-state index contributed by atoms with van der Waals surface area (Å²) < 4.78 is 69.0. The highest BCUT2D eigenvalue weighted by atomic mass is 32.2. The van der Waals surface area contributed by atoms with Crippen LogP contribution in [0.25, 0.3) is 0 Å². The molecule has 30 heavy (non-hydrogen) atoms. The highest BCUT2D eigenvalue weighted by molar-refractivity contribution is 7.93. The van der Waals surface area contributed by atoms with Crippen molar-refractivity contribution in [3.63, 3.8) is 0 Å². The lowest BCUT2D eigenvalue weighted by molar-refractivity contribution is 0.597. The van der Waals surface area contributed by atoms with Gasteiger partial charge in [-0.2, -0.15) is 5.26 Å². The Hall–Kier alpha value is -3.42. The summed E-state index contributed by atoms with van der Waals surface area (Å²) in [5.74, 6) is -0.739. The summed E-state index contributed by atoms with van der Waals surface area (Å²) in [5, 5.41) is 8.82. The molecule has 0 saturated heterocycles. The third kappa shape index (κ3) is 4.59. The molecule has 0 bridgehead atoms. The first-order valence-corrected chi connectivity index (χ1v) is 11.5. The molecule has 0 aliphatic heterocycles. The Morgan fingerprint density at radius 1 is 0.867 bits per heavy atom. The predicted octanol–water partition coefficient (Wildman–Crippen LogP) is 3.61. The van der Waals surface area contributed by atoms with Gasteiger partial charge in [0.05, 0.1) is 32.8 Å². The van der Waals surface area contributed by atoms with E-state index in [1.54, 1.807) is 0 Å². The Balaban J connectivity index is 1.93. The fraction of sp³-hybridized carbons (Fsp3) is 0.0500. The van der Waals surface area contributed by atoms with Crippen LogP contribution in [-0.2, 0) is 20.0 Å². The molecule has 0 aliphatic rings. The van der Waals surface area contributed by atoms with E-state index in [9.17, 15) is 21.2 Å². The number of rotatable bonds is 6. The van der Waals surface area contributed by atoms with Crippen LogP contribution in [0, 0.1) is 24.1 Å². The van der Waals surface area contributed by atoms with Crippen LogP contribution in [0.2, 0.25) is 0 Å². The third-order valence-electron chi connectivity index (χ3n) is 4.14. The molecule has 0 saturated carbocycles. The van der Waals surface area contributed by atoms with Gasteiger partial charge >= 0.3 is 0 Å². The predicted molar refractivity (Wildman–Crippen MR) is 110 cm³/mol. The van der Waals surface area contributed by atoms with Crippen LogP contribution in [0.5, 0.6) is 0 Å². The van der Waals surface area contributed by atoms with E-state index in [0.717, 1.165) is 12.1 Å². The summed E-state index contributed by atoms with van der Waals surface area (Å²) >= 11 is 0. The van der Waals surface area contributed by atoms with E-state index in [1.165, 1.54) is 61.5 Å². The van der Waals surface area contributed by atoms with Gasteiger partial charge < -0.3 is 0 Å². The number of hydrogen-bond acceptors (Lipinski definition) is 5. The minimum Gasteiger partial charge on any atom is -0.280 e. The van der Waals surface area contributed by atoms with Crippen molar-refractivity contribution in [2.24, 2.45) is 0 Å². The molecule has 2 N–H and O–H groups in total. The summed E-state index contributed by atoms with van der Waals surface area (Å²) in [6.07, 6.45) is 0. The number of aryl methyl sites for hydroxylation is 1. The molecule has 0 amide bonds. The lowest BCUT2D eigenvalue weighted by atomic mass is 10.2. The van der Waals surface area contributed by atoms with Crippen LogP contribution < -0.4 is 9.44 Å². The largest absolute Gasteiger partial charge is 0.280 e. The molecular weight excluding hydrogens is 429 g/mol. The fourth-order valence-electron chi connectivity index (χ4n) is 2.62. The van der Waals surface area contributed by atoms with Crippen molar-refractivity contribution < 1.29 is 21.2 Å². The molecule has 0 radical (unpaired) electrons. The standard InChI is InChI=1S/C20H16FN3O4S2/c1-14-6-9-16(23-29(25,26)17-10-7-15(13-22)8-11-17)12-20(14)30(27,28)24-19-5-3-2-4-18(19)21/h2-12,23-24H,1H3. The topological polar surface area (TPSA) is 116 Å². The molecule has 0 fully saturated rings. The zero-order chi connectivity index (χ0) is 21.9. The second-order valence-electron chi connectivity index (χ2n) is 6.31. The number of halogens is 1. The summed E-state index contributed by atoms with van der Waals surface area (Å²) in [6, 6.07) is 16.5. The molecule has 3 aromatic rings. The Morgan fingerprint density at radius 3 is 2.17 bits per heavy atom. The number of benzene rings is 3. The summed E-state index contributed by atoms with van der Waals surface area (Å²) in [6.45, 7) is 1.54. The molecular formula is C20H16FN3O4S2. The second kappa shape index (κ2) is 8.14. The first-order chi connectivity index (χ1) is 14.1. The molecule has 0 aromatic heterocycles. The van der Waals surface area contributed by atoms with Crippen LogP contribution in [0.15, 0.2) is 76.5 Å². The summed E-state index contributed by atoms with van der Waals surface area (Å²) in [5.41, 5.74) is 0.441. The van der Waals surface area contributed by atoms with E-state index in [-0.39, 0.29) is 21.2 Å². The van der Waals surface area contributed by atoms with Crippen molar-refractivity contribution in [1.29, 1.82) is 5.26 Å². The third-order valence-corrected chi connectivity index (χ3v) is 7.05. The fourth-order valence-corrected chi connectivity index (χ4v) is 5.01.